The van der Waals surface area contributed by atoms with Crippen LogP contribution in [-0.2, 0) is 6.42 Å². The Morgan fingerprint density at radius 1 is 1.00 bits per heavy atom. The second kappa shape index (κ2) is 8.54. The second-order valence-electron chi connectivity index (χ2n) is 6.89. The van der Waals surface area contributed by atoms with E-state index in [0.717, 1.165) is 39.0 Å². The van der Waals surface area contributed by atoms with Gasteiger partial charge in [0, 0.05) is 22.0 Å². The van der Waals surface area contributed by atoms with Gasteiger partial charge in [0.05, 0.1) is 0 Å². The van der Waals surface area contributed by atoms with Crippen LogP contribution in [0.1, 0.15) is 24.0 Å². The van der Waals surface area contributed by atoms with Crippen molar-refractivity contribution in [3.63, 3.8) is 0 Å². The lowest BCUT2D eigenvalue weighted by Gasteiger charge is -2.09. The first kappa shape index (κ1) is 19.9. The van der Waals surface area contributed by atoms with Crippen LogP contribution in [0.25, 0.3) is 5.78 Å². The molecule has 4 rings (SSSR count). The van der Waals surface area contributed by atoms with Crippen LogP contribution in [0.15, 0.2) is 64.5 Å². The molecular formula is C22H22N6OS. The van der Waals surface area contributed by atoms with Gasteiger partial charge in [-0.3, -0.25) is 0 Å². The quantitative estimate of drug-likeness (QED) is 0.441. The average molecular weight is 419 g/mol. The Morgan fingerprint density at radius 3 is 2.50 bits per heavy atom. The Bertz CT molecular complexity index is 1200. The number of hydrogen-bond donors (Lipinski definition) is 2. The number of amides is 2. The van der Waals surface area contributed by atoms with Crippen molar-refractivity contribution in [2.75, 3.05) is 10.6 Å². The van der Waals surface area contributed by atoms with Crippen LogP contribution < -0.4 is 10.6 Å². The Kier molecular flexibility index (Phi) is 5.67. The van der Waals surface area contributed by atoms with Gasteiger partial charge in [0.1, 0.15) is 10.9 Å². The highest BCUT2D eigenvalue weighted by Gasteiger charge is 2.11. The summed E-state index contributed by atoms with van der Waals surface area (Å²) in [6.07, 6.45) is 0.828. The van der Waals surface area contributed by atoms with Crippen LogP contribution in [-0.4, -0.2) is 25.6 Å². The third-order valence-electron chi connectivity index (χ3n) is 4.41. The normalized spacial score (nSPS) is 10.9. The monoisotopic (exact) mass is 418 g/mol. The molecule has 0 atom stereocenters. The van der Waals surface area contributed by atoms with Crippen molar-refractivity contribution < 1.29 is 4.79 Å². The molecule has 0 bridgehead atoms. The maximum Gasteiger partial charge on any atom is 0.323 e. The molecule has 2 aromatic carbocycles. The number of nitrogens with one attached hydrogen (secondary N) is 2. The minimum absolute atomic E-state index is 0.275. The number of benzene rings is 2. The van der Waals surface area contributed by atoms with Gasteiger partial charge in [-0.2, -0.15) is 9.50 Å². The molecule has 0 aliphatic carbocycles. The molecule has 0 unspecified atom stereocenters. The van der Waals surface area contributed by atoms with Crippen molar-refractivity contribution in [1.29, 1.82) is 0 Å². The molecule has 8 heteroatoms. The molecule has 0 spiro atoms. The molecule has 4 aromatic rings. The maximum absolute atomic E-state index is 12.2. The zero-order valence-corrected chi connectivity index (χ0v) is 17.8. The summed E-state index contributed by atoms with van der Waals surface area (Å²) in [5.74, 6) is 1.30. The molecule has 0 saturated carbocycles. The second-order valence-corrected chi connectivity index (χ2v) is 7.98. The van der Waals surface area contributed by atoms with Crippen molar-refractivity contribution in [2.24, 2.45) is 0 Å². The Morgan fingerprint density at radius 2 is 1.77 bits per heavy atom. The minimum atomic E-state index is -0.275. The molecule has 2 heterocycles. The molecule has 7 nitrogen and oxygen atoms in total. The van der Waals surface area contributed by atoms with E-state index < -0.39 is 0 Å². The van der Waals surface area contributed by atoms with Crippen LogP contribution in [0.5, 0.6) is 0 Å². The van der Waals surface area contributed by atoms with Gasteiger partial charge in [-0.15, -0.1) is 5.10 Å². The zero-order chi connectivity index (χ0) is 21.1. The summed E-state index contributed by atoms with van der Waals surface area (Å²) in [6, 6.07) is 17.1. The van der Waals surface area contributed by atoms with Gasteiger partial charge in [0.2, 0.25) is 0 Å². The standard InChI is InChI=1S/C22H22N6OS/c1-4-16-13-20(28-21(24-16)23-15(3)27-28)30-19-10-8-17(9-11-19)25-22(29)26-18-7-5-6-14(2)12-18/h5-13H,4H2,1-3H3,(H2,25,26,29). The highest BCUT2D eigenvalue weighted by Crippen LogP contribution is 2.29. The molecule has 0 saturated heterocycles. The van der Waals surface area contributed by atoms with Gasteiger partial charge in [0.15, 0.2) is 0 Å². The van der Waals surface area contributed by atoms with E-state index in [1.807, 2.05) is 68.4 Å². The van der Waals surface area contributed by atoms with Gasteiger partial charge in [-0.25, -0.2) is 9.78 Å². The molecule has 152 valence electrons. The van der Waals surface area contributed by atoms with Crippen molar-refractivity contribution >= 4 is 34.9 Å². The fourth-order valence-corrected chi connectivity index (χ4v) is 3.90. The van der Waals surface area contributed by atoms with Crippen molar-refractivity contribution in [3.05, 3.63) is 71.7 Å². The molecule has 0 aliphatic rings. The summed E-state index contributed by atoms with van der Waals surface area (Å²) in [7, 11) is 0. The Balaban J connectivity index is 1.46. The van der Waals surface area contributed by atoms with Crippen LogP contribution in [0.2, 0.25) is 0 Å². The minimum Gasteiger partial charge on any atom is -0.308 e. The number of carbonyl (C=O) groups is 1. The predicted octanol–water partition coefficient (Wildman–Crippen LogP) is 5.10. The van der Waals surface area contributed by atoms with E-state index in [2.05, 4.69) is 32.6 Å². The van der Waals surface area contributed by atoms with E-state index in [4.69, 9.17) is 0 Å². The first-order valence-electron chi connectivity index (χ1n) is 9.66. The SMILES string of the molecule is CCc1cc(Sc2ccc(NC(=O)Nc3cccc(C)c3)cc2)n2nc(C)nc2n1. The summed E-state index contributed by atoms with van der Waals surface area (Å²) in [5, 5.41) is 11.1. The van der Waals surface area contributed by atoms with E-state index in [1.165, 1.54) is 0 Å². The van der Waals surface area contributed by atoms with Crippen LogP contribution >= 0.6 is 11.8 Å². The topological polar surface area (TPSA) is 84.2 Å². The fraction of sp³-hybridized carbons (Fsp3) is 0.182. The molecule has 2 N–H and O–H groups in total. The molecule has 0 fully saturated rings. The number of hydrogen-bond acceptors (Lipinski definition) is 5. The molecule has 2 amide bonds. The van der Waals surface area contributed by atoms with Crippen LogP contribution in [0.4, 0.5) is 16.2 Å². The van der Waals surface area contributed by atoms with E-state index in [1.54, 1.807) is 16.3 Å². The molecule has 30 heavy (non-hydrogen) atoms. The largest absolute Gasteiger partial charge is 0.323 e. The summed E-state index contributed by atoms with van der Waals surface area (Å²) in [5.41, 5.74) is 3.54. The number of aryl methyl sites for hydroxylation is 3. The lowest BCUT2D eigenvalue weighted by atomic mass is 10.2. The number of aromatic nitrogens is 4. The lowest BCUT2D eigenvalue weighted by molar-refractivity contribution is 0.262. The number of carbonyl (C=O) groups excluding carboxylic acids is 1. The summed E-state index contributed by atoms with van der Waals surface area (Å²) in [6.45, 7) is 5.91. The zero-order valence-electron chi connectivity index (χ0n) is 17.0. The first-order chi connectivity index (χ1) is 14.5. The summed E-state index contributed by atoms with van der Waals surface area (Å²) >= 11 is 1.58. The van der Waals surface area contributed by atoms with Crippen LogP contribution in [0.3, 0.4) is 0 Å². The highest BCUT2D eigenvalue weighted by molar-refractivity contribution is 7.99. The van der Waals surface area contributed by atoms with Gasteiger partial charge >= 0.3 is 6.03 Å². The number of anilines is 2. The van der Waals surface area contributed by atoms with E-state index >= 15 is 0 Å². The lowest BCUT2D eigenvalue weighted by Crippen LogP contribution is -2.19. The maximum atomic E-state index is 12.2. The first-order valence-corrected chi connectivity index (χ1v) is 10.5. The van der Waals surface area contributed by atoms with Crippen molar-refractivity contribution in [1.82, 2.24) is 19.6 Å². The molecular weight excluding hydrogens is 396 g/mol. The van der Waals surface area contributed by atoms with Gasteiger partial charge in [0.25, 0.3) is 5.78 Å². The van der Waals surface area contributed by atoms with E-state index in [9.17, 15) is 4.79 Å². The highest BCUT2D eigenvalue weighted by atomic mass is 32.2. The van der Waals surface area contributed by atoms with Gasteiger partial charge in [-0.1, -0.05) is 30.8 Å². The Hall–Kier alpha value is -3.39. The number of nitrogens with zero attached hydrogens (tertiary/aromatic N) is 4. The number of fused-ring (bicyclic) bond motifs is 1. The van der Waals surface area contributed by atoms with E-state index in [-0.39, 0.29) is 6.03 Å². The molecule has 0 aliphatic heterocycles. The summed E-state index contributed by atoms with van der Waals surface area (Å²) in [4.78, 5) is 22.2. The number of urea groups is 1. The van der Waals surface area contributed by atoms with E-state index in [0.29, 0.717) is 11.6 Å². The third kappa shape index (κ3) is 4.60. The van der Waals surface area contributed by atoms with Crippen molar-refractivity contribution in [2.45, 2.75) is 37.1 Å². The smallest absolute Gasteiger partial charge is 0.308 e. The van der Waals surface area contributed by atoms with Gasteiger partial charge < -0.3 is 10.6 Å². The van der Waals surface area contributed by atoms with Crippen molar-refractivity contribution in [3.8, 4) is 0 Å². The Labute approximate surface area is 179 Å². The van der Waals surface area contributed by atoms with Crippen LogP contribution in [0, 0.1) is 13.8 Å². The third-order valence-corrected chi connectivity index (χ3v) is 5.42. The molecule has 2 aromatic heterocycles. The predicted molar refractivity (Wildman–Crippen MR) is 119 cm³/mol. The summed E-state index contributed by atoms with van der Waals surface area (Å²) < 4.78 is 1.76. The molecule has 0 radical (unpaired) electrons. The number of rotatable bonds is 5. The fourth-order valence-electron chi connectivity index (χ4n) is 2.99. The van der Waals surface area contributed by atoms with Gasteiger partial charge in [-0.05, 0) is 68.3 Å². The average Bonchev–Trinajstić information content (AvgIpc) is 3.09.